The molecule has 0 fully saturated rings. The van der Waals surface area contributed by atoms with Crippen LogP contribution in [0.2, 0.25) is 0 Å². The number of aryl methyl sites for hydroxylation is 1. The lowest BCUT2D eigenvalue weighted by atomic mass is 9.74. The number of hydrogen-bond acceptors (Lipinski definition) is 4. The molecule has 23 heavy (non-hydrogen) atoms. The van der Waals surface area contributed by atoms with Crippen LogP contribution in [0.1, 0.15) is 49.4 Å². The average Bonchev–Trinajstić information content (AvgIpc) is 2.66. The molecule has 3 rings (SSSR count). The zero-order valence-corrected chi connectivity index (χ0v) is 13.8. The molecule has 122 valence electrons. The van der Waals surface area contributed by atoms with E-state index < -0.39 is 11.2 Å². The Morgan fingerprint density at radius 2 is 1.52 bits per heavy atom. The van der Waals surface area contributed by atoms with E-state index in [-0.39, 0.29) is 22.7 Å². The van der Waals surface area contributed by atoms with Crippen molar-refractivity contribution in [1.82, 2.24) is 0 Å². The molecule has 4 N–H and O–H groups in total. The number of phenolic OH excluding ortho intramolecular Hbond substituents is 4. The first-order valence-corrected chi connectivity index (χ1v) is 7.67. The molecule has 1 atom stereocenters. The zero-order chi connectivity index (χ0) is 17.2. The van der Waals surface area contributed by atoms with Crippen LogP contribution in [0.3, 0.4) is 0 Å². The van der Waals surface area contributed by atoms with Gasteiger partial charge in [0.25, 0.3) is 0 Å². The van der Waals surface area contributed by atoms with Gasteiger partial charge in [-0.2, -0.15) is 0 Å². The highest BCUT2D eigenvalue weighted by Crippen LogP contribution is 2.59. The van der Waals surface area contributed by atoms with Crippen LogP contribution in [-0.2, 0) is 10.8 Å². The fourth-order valence-electron chi connectivity index (χ4n) is 4.05. The topological polar surface area (TPSA) is 80.9 Å². The molecule has 2 aromatic rings. The highest BCUT2D eigenvalue weighted by Gasteiger charge is 2.48. The third kappa shape index (κ3) is 2.05. The van der Waals surface area contributed by atoms with Gasteiger partial charge in [-0.05, 0) is 47.6 Å². The van der Waals surface area contributed by atoms with Crippen molar-refractivity contribution in [3.63, 3.8) is 0 Å². The van der Waals surface area contributed by atoms with E-state index in [1.807, 2.05) is 26.0 Å². The van der Waals surface area contributed by atoms with Crippen molar-refractivity contribution < 1.29 is 20.4 Å². The molecule has 0 radical (unpaired) electrons. The Labute approximate surface area is 135 Å². The van der Waals surface area contributed by atoms with Crippen LogP contribution in [0.25, 0.3) is 0 Å². The van der Waals surface area contributed by atoms with Gasteiger partial charge in [0.2, 0.25) is 5.75 Å². The Bertz CT molecular complexity index is 808. The second kappa shape index (κ2) is 4.57. The van der Waals surface area contributed by atoms with Crippen molar-refractivity contribution in [2.75, 3.05) is 0 Å². The molecule has 0 saturated carbocycles. The summed E-state index contributed by atoms with van der Waals surface area (Å²) in [6.45, 7) is 7.96. The van der Waals surface area contributed by atoms with Gasteiger partial charge in [0.1, 0.15) is 5.75 Å². The summed E-state index contributed by atoms with van der Waals surface area (Å²) in [6, 6.07) is 6.95. The van der Waals surface area contributed by atoms with Gasteiger partial charge in [-0.15, -0.1) is 0 Å². The maximum absolute atomic E-state index is 10.5. The summed E-state index contributed by atoms with van der Waals surface area (Å²) in [5, 5.41) is 40.1. The van der Waals surface area contributed by atoms with Crippen molar-refractivity contribution in [3.05, 3.63) is 46.5 Å². The summed E-state index contributed by atoms with van der Waals surface area (Å²) in [7, 11) is 0. The van der Waals surface area contributed by atoms with Gasteiger partial charge in [0, 0.05) is 11.0 Å². The maximum atomic E-state index is 10.5. The van der Waals surface area contributed by atoms with E-state index in [0.717, 1.165) is 23.1 Å². The number of rotatable bonds is 1. The molecule has 4 nitrogen and oxygen atoms in total. The average molecular weight is 314 g/mol. The van der Waals surface area contributed by atoms with Gasteiger partial charge in [0.05, 0.1) is 0 Å². The molecule has 0 aliphatic heterocycles. The highest BCUT2D eigenvalue weighted by molar-refractivity contribution is 5.66. The van der Waals surface area contributed by atoms with E-state index in [0.29, 0.717) is 5.56 Å². The van der Waals surface area contributed by atoms with Crippen molar-refractivity contribution in [1.29, 1.82) is 0 Å². The number of hydrogen-bond donors (Lipinski definition) is 4. The second-order valence-electron chi connectivity index (χ2n) is 7.41. The summed E-state index contributed by atoms with van der Waals surface area (Å²) < 4.78 is 0. The van der Waals surface area contributed by atoms with Gasteiger partial charge in [0.15, 0.2) is 11.5 Å². The van der Waals surface area contributed by atoms with E-state index in [1.54, 1.807) is 12.1 Å². The quantitative estimate of drug-likeness (QED) is 0.603. The smallest absolute Gasteiger partial charge is 0.200 e. The molecule has 0 spiro atoms. The van der Waals surface area contributed by atoms with E-state index in [4.69, 9.17) is 0 Å². The van der Waals surface area contributed by atoms with Gasteiger partial charge in [-0.25, -0.2) is 0 Å². The highest BCUT2D eigenvalue weighted by atomic mass is 16.3. The lowest BCUT2D eigenvalue weighted by molar-refractivity contribution is 0.360. The predicted octanol–water partition coefficient (Wildman–Crippen LogP) is 3.80. The molecular weight excluding hydrogens is 292 g/mol. The Balaban J connectivity index is 2.32. The van der Waals surface area contributed by atoms with Gasteiger partial charge in [-0.3, -0.25) is 0 Å². The van der Waals surface area contributed by atoms with Crippen LogP contribution in [-0.4, -0.2) is 20.4 Å². The molecule has 2 aromatic carbocycles. The molecule has 1 unspecified atom stereocenters. The first-order chi connectivity index (χ1) is 10.6. The maximum Gasteiger partial charge on any atom is 0.200 e. The molecule has 0 bridgehead atoms. The summed E-state index contributed by atoms with van der Waals surface area (Å²) >= 11 is 0. The van der Waals surface area contributed by atoms with E-state index in [9.17, 15) is 20.4 Å². The summed E-state index contributed by atoms with van der Waals surface area (Å²) in [5.74, 6) is -0.824. The Morgan fingerprint density at radius 3 is 2.13 bits per heavy atom. The second-order valence-corrected chi connectivity index (χ2v) is 7.41. The van der Waals surface area contributed by atoms with Crippen molar-refractivity contribution in [3.8, 4) is 23.0 Å². The molecular formula is C19H22O4. The van der Waals surface area contributed by atoms with Crippen LogP contribution >= 0.6 is 0 Å². The van der Waals surface area contributed by atoms with E-state index >= 15 is 0 Å². The van der Waals surface area contributed by atoms with Crippen LogP contribution in [0.4, 0.5) is 0 Å². The predicted molar refractivity (Wildman–Crippen MR) is 88.4 cm³/mol. The molecule has 1 aliphatic rings. The van der Waals surface area contributed by atoms with Gasteiger partial charge in [-0.1, -0.05) is 32.9 Å². The summed E-state index contributed by atoms with van der Waals surface area (Å²) in [6.07, 6.45) is 0.718. The first kappa shape index (κ1) is 15.5. The third-order valence-electron chi connectivity index (χ3n) is 5.16. The lowest BCUT2D eigenvalue weighted by Crippen LogP contribution is -2.23. The van der Waals surface area contributed by atoms with Crippen molar-refractivity contribution >= 4 is 0 Å². The molecule has 0 heterocycles. The van der Waals surface area contributed by atoms with E-state index in [1.165, 1.54) is 0 Å². The number of benzene rings is 2. The normalized spacial score (nSPS) is 22.1. The minimum Gasteiger partial charge on any atom is -0.508 e. The number of aromatic hydroxyl groups is 4. The first-order valence-electron chi connectivity index (χ1n) is 7.67. The van der Waals surface area contributed by atoms with Crippen molar-refractivity contribution in [2.45, 2.75) is 44.9 Å². The number of fused-ring (bicyclic) bond motifs is 1. The molecule has 0 amide bonds. The van der Waals surface area contributed by atoms with Crippen LogP contribution < -0.4 is 0 Å². The zero-order valence-electron chi connectivity index (χ0n) is 13.8. The van der Waals surface area contributed by atoms with Crippen LogP contribution in [0, 0.1) is 6.92 Å². The largest absolute Gasteiger partial charge is 0.508 e. The fraction of sp³-hybridized carbons (Fsp3) is 0.368. The van der Waals surface area contributed by atoms with Crippen molar-refractivity contribution in [2.24, 2.45) is 0 Å². The standard InChI is InChI=1S/C19H22O4/c1-10-7-11(5-6-13(10)20)19(4)9-18(2,3)12-8-14(21)16(22)17(23)15(12)19/h5-8,20-23H,9H2,1-4H3. The van der Waals surface area contributed by atoms with Gasteiger partial charge < -0.3 is 20.4 Å². The molecule has 0 saturated heterocycles. The van der Waals surface area contributed by atoms with Crippen LogP contribution in [0.15, 0.2) is 24.3 Å². The summed E-state index contributed by atoms with van der Waals surface area (Å²) in [4.78, 5) is 0. The Morgan fingerprint density at radius 1 is 0.870 bits per heavy atom. The minimum atomic E-state index is -0.521. The molecule has 1 aliphatic carbocycles. The molecule has 4 heteroatoms. The molecule has 0 aromatic heterocycles. The Kier molecular flexibility index (Phi) is 3.09. The van der Waals surface area contributed by atoms with Crippen LogP contribution in [0.5, 0.6) is 23.0 Å². The minimum absolute atomic E-state index is 0.229. The summed E-state index contributed by atoms with van der Waals surface area (Å²) in [5.41, 5.74) is 2.41. The monoisotopic (exact) mass is 314 g/mol. The van der Waals surface area contributed by atoms with Gasteiger partial charge >= 0.3 is 0 Å². The van der Waals surface area contributed by atoms with E-state index in [2.05, 4.69) is 13.8 Å². The SMILES string of the molecule is Cc1cc(C2(C)CC(C)(C)c3cc(O)c(O)c(O)c32)ccc1O. The third-order valence-corrected chi connectivity index (χ3v) is 5.16. The lowest BCUT2D eigenvalue weighted by Gasteiger charge is -2.29. The number of phenols is 4. The Hall–Kier alpha value is -2.36. The fourth-order valence-corrected chi connectivity index (χ4v) is 4.05.